The fourth-order valence-electron chi connectivity index (χ4n) is 3.85. The summed E-state index contributed by atoms with van der Waals surface area (Å²) in [7, 11) is 1.40. The van der Waals surface area contributed by atoms with E-state index in [1.54, 1.807) is 13.0 Å². The van der Waals surface area contributed by atoms with Gasteiger partial charge in [-0.15, -0.1) is 0 Å². The average Bonchev–Trinajstić information content (AvgIpc) is 2.91. The van der Waals surface area contributed by atoms with Crippen LogP contribution in [0.3, 0.4) is 0 Å². The molecule has 0 saturated heterocycles. The third kappa shape index (κ3) is 9.35. The van der Waals surface area contributed by atoms with Crippen molar-refractivity contribution in [2.24, 2.45) is 11.8 Å². The van der Waals surface area contributed by atoms with E-state index in [0.717, 1.165) is 38.5 Å². The molecule has 0 radical (unpaired) electrons. The number of esters is 1. The molecule has 162 valence electrons. The Morgan fingerprint density at radius 1 is 1.14 bits per heavy atom. The molecule has 0 bridgehead atoms. The topological polar surface area (TPSA) is 87.0 Å². The number of hydrogen-bond donors (Lipinski definition) is 3. The first-order valence-corrected chi connectivity index (χ1v) is 10.8. The Hall–Kier alpha value is -1.17. The molecule has 1 saturated carbocycles. The Labute approximate surface area is 170 Å². The normalized spacial score (nSPS) is 27.5. The largest absolute Gasteiger partial charge is 0.469 e. The van der Waals surface area contributed by atoms with Crippen molar-refractivity contribution in [2.75, 3.05) is 7.11 Å². The lowest BCUT2D eigenvalue weighted by Crippen LogP contribution is -2.24. The Bertz CT molecular complexity index is 497. The van der Waals surface area contributed by atoms with E-state index in [0.29, 0.717) is 25.7 Å². The molecule has 0 aromatic rings. The maximum Gasteiger partial charge on any atom is 0.305 e. The molecule has 0 heterocycles. The number of carbonyl (C=O) groups excluding carboxylic acids is 1. The summed E-state index contributed by atoms with van der Waals surface area (Å²) in [6.07, 6.45) is 14.8. The van der Waals surface area contributed by atoms with Gasteiger partial charge in [0.15, 0.2) is 0 Å². The zero-order valence-electron chi connectivity index (χ0n) is 17.8. The van der Waals surface area contributed by atoms with E-state index in [-0.39, 0.29) is 17.8 Å². The van der Waals surface area contributed by atoms with Gasteiger partial charge in [-0.05, 0) is 44.9 Å². The summed E-state index contributed by atoms with van der Waals surface area (Å²) >= 11 is 0. The summed E-state index contributed by atoms with van der Waals surface area (Å²) in [5.74, 6) is -0.354. The quantitative estimate of drug-likeness (QED) is 0.250. The van der Waals surface area contributed by atoms with Gasteiger partial charge in [0, 0.05) is 18.8 Å². The third-order valence-electron chi connectivity index (χ3n) is 5.68. The molecule has 0 spiro atoms. The second-order valence-corrected chi connectivity index (χ2v) is 8.31. The summed E-state index contributed by atoms with van der Waals surface area (Å²) in [5.41, 5.74) is -0.873. The van der Waals surface area contributed by atoms with Crippen LogP contribution in [0.1, 0.15) is 78.1 Å². The number of hydrogen-bond acceptors (Lipinski definition) is 5. The van der Waals surface area contributed by atoms with Gasteiger partial charge in [0.05, 0.1) is 24.9 Å². The van der Waals surface area contributed by atoms with Gasteiger partial charge in [0.25, 0.3) is 0 Å². The van der Waals surface area contributed by atoms with Crippen molar-refractivity contribution in [3.63, 3.8) is 0 Å². The molecule has 28 heavy (non-hydrogen) atoms. The highest BCUT2D eigenvalue weighted by molar-refractivity contribution is 5.68. The number of unbranched alkanes of at least 4 members (excludes halogenated alkanes) is 4. The van der Waals surface area contributed by atoms with Gasteiger partial charge in [-0.1, -0.05) is 50.5 Å². The second kappa shape index (κ2) is 13.1. The van der Waals surface area contributed by atoms with Crippen molar-refractivity contribution in [1.82, 2.24) is 0 Å². The van der Waals surface area contributed by atoms with E-state index in [1.165, 1.54) is 7.11 Å². The second-order valence-electron chi connectivity index (χ2n) is 8.31. The Morgan fingerprint density at radius 3 is 2.57 bits per heavy atom. The fourth-order valence-corrected chi connectivity index (χ4v) is 3.85. The first kappa shape index (κ1) is 24.9. The predicted molar refractivity (Wildman–Crippen MR) is 112 cm³/mol. The number of allylic oxidation sites excluding steroid dienone is 2. The van der Waals surface area contributed by atoms with Crippen LogP contribution in [0.5, 0.6) is 0 Å². The summed E-state index contributed by atoms with van der Waals surface area (Å²) < 4.78 is 4.62. The van der Waals surface area contributed by atoms with E-state index >= 15 is 0 Å². The Kier molecular flexibility index (Phi) is 11.7. The van der Waals surface area contributed by atoms with Crippen LogP contribution < -0.4 is 0 Å². The minimum absolute atomic E-state index is 0.0380. The zero-order chi connectivity index (χ0) is 21.0. The van der Waals surface area contributed by atoms with Gasteiger partial charge in [-0.2, -0.15) is 0 Å². The van der Waals surface area contributed by atoms with Crippen LogP contribution >= 0.6 is 0 Å². The molecular weight excluding hydrogens is 356 g/mol. The molecule has 3 N–H and O–H groups in total. The number of ether oxygens (including phenoxy) is 1. The van der Waals surface area contributed by atoms with Crippen LogP contribution in [0.2, 0.25) is 0 Å². The molecule has 0 aliphatic heterocycles. The highest BCUT2D eigenvalue weighted by Gasteiger charge is 2.39. The molecule has 0 amide bonds. The van der Waals surface area contributed by atoms with Crippen LogP contribution in [0, 0.1) is 11.8 Å². The smallest absolute Gasteiger partial charge is 0.305 e. The van der Waals surface area contributed by atoms with Gasteiger partial charge in [0.2, 0.25) is 0 Å². The summed E-state index contributed by atoms with van der Waals surface area (Å²) in [4.78, 5) is 11.1. The zero-order valence-corrected chi connectivity index (χ0v) is 17.8. The molecule has 0 aromatic carbocycles. The number of aliphatic hydroxyl groups is 3. The fraction of sp³-hybridized carbons (Fsp3) is 0.783. The SMILES string of the molecule is CCCCCC(C)(O)/C=C/[C@@H]1C(C/C=C\CCCCC(=O)OC)[C@@H](O)C[C@H]1O. The molecule has 1 rings (SSSR count). The van der Waals surface area contributed by atoms with Crippen molar-refractivity contribution in [3.8, 4) is 0 Å². The molecule has 5 heteroatoms. The van der Waals surface area contributed by atoms with Gasteiger partial charge >= 0.3 is 5.97 Å². The van der Waals surface area contributed by atoms with E-state index in [2.05, 4.69) is 23.8 Å². The monoisotopic (exact) mass is 396 g/mol. The predicted octanol–water partition coefficient (Wildman–Crippen LogP) is 3.91. The average molecular weight is 397 g/mol. The lowest BCUT2D eigenvalue weighted by atomic mass is 9.88. The Balaban J connectivity index is 2.48. The molecule has 1 aliphatic carbocycles. The van der Waals surface area contributed by atoms with Crippen LogP contribution in [0.4, 0.5) is 0 Å². The third-order valence-corrected chi connectivity index (χ3v) is 5.68. The van der Waals surface area contributed by atoms with Gasteiger partial charge in [0.1, 0.15) is 0 Å². The summed E-state index contributed by atoms with van der Waals surface area (Å²) in [6, 6.07) is 0. The lowest BCUT2D eigenvalue weighted by molar-refractivity contribution is -0.140. The minimum atomic E-state index is -0.873. The number of aliphatic hydroxyl groups excluding tert-OH is 2. The molecule has 2 unspecified atom stereocenters. The molecule has 5 atom stereocenters. The van der Waals surface area contributed by atoms with Gasteiger partial charge in [-0.25, -0.2) is 0 Å². The standard InChI is InChI=1S/C23H40O5/c1-4-5-11-15-23(2,27)16-14-19-18(20(24)17-21(19)25)12-9-7-6-8-10-13-22(26)28-3/h7,9,14,16,18-21,24-25,27H,4-6,8,10-13,15,17H2,1-3H3/b9-7-,16-14+/t18?,19-,20+,21-,23?/m1/s1. The van der Waals surface area contributed by atoms with Crippen molar-refractivity contribution in [3.05, 3.63) is 24.3 Å². The van der Waals surface area contributed by atoms with Gasteiger partial charge < -0.3 is 20.1 Å². The van der Waals surface area contributed by atoms with E-state index in [9.17, 15) is 20.1 Å². The first-order valence-electron chi connectivity index (χ1n) is 10.8. The molecule has 5 nitrogen and oxygen atoms in total. The first-order chi connectivity index (χ1) is 13.3. The van der Waals surface area contributed by atoms with Crippen molar-refractivity contribution < 1.29 is 24.9 Å². The summed E-state index contributed by atoms with van der Waals surface area (Å²) in [6.45, 7) is 3.94. The number of rotatable bonds is 13. The maximum absolute atomic E-state index is 11.1. The van der Waals surface area contributed by atoms with Crippen LogP contribution in [0.15, 0.2) is 24.3 Å². The van der Waals surface area contributed by atoms with Crippen molar-refractivity contribution in [2.45, 2.75) is 95.9 Å². The van der Waals surface area contributed by atoms with E-state index in [1.807, 2.05) is 6.08 Å². The lowest BCUT2D eigenvalue weighted by Gasteiger charge is -2.23. The summed E-state index contributed by atoms with van der Waals surface area (Å²) in [5, 5.41) is 31.2. The maximum atomic E-state index is 11.1. The number of methoxy groups -OCH3 is 1. The highest BCUT2D eigenvalue weighted by atomic mass is 16.5. The van der Waals surface area contributed by atoms with E-state index < -0.39 is 17.8 Å². The van der Waals surface area contributed by atoms with Crippen LogP contribution in [0.25, 0.3) is 0 Å². The molecular formula is C23H40O5. The van der Waals surface area contributed by atoms with Crippen LogP contribution in [-0.4, -0.2) is 46.2 Å². The molecule has 1 fully saturated rings. The molecule has 1 aliphatic rings. The number of carbonyl (C=O) groups is 1. The molecule has 0 aromatic heterocycles. The van der Waals surface area contributed by atoms with E-state index in [4.69, 9.17) is 0 Å². The van der Waals surface area contributed by atoms with Gasteiger partial charge in [-0.3, -0.25) is 4.79 Å². The van der Waals surface area contributed by atoms with Crippen molar-refractivity contribution in [1.29, 1.82) is 0 Å². The van der Waals surface area contributed by atoms with Crippen LogP contribution in [-0.2, 0) is 9.53 Å². The highest BCUT2D eigenvalue weighted by Crippen LogP contribution is 2.37. The van der Waals surface area contributed by atoms with Crippen molar-refractivity contribution >= 4 is 5.97 Å². The Morgan fingerprint density at radius 2 is 1.89 bits per heavy atom. The minimum Gasteiger partial charge on any atom is -0.469 e.